The molecule has 6 nitrogen and oxygen atoms in total. The number of hydrogen-bond donors (Lipinski definition) is 1. The largest absolute Gasteiger partial charge is 0.482 e. The van der Waals surface area contributed by atoms with Gasteiger partial charge in [-0.15, -0.1) is 0 Å². The SMILES string of the molecule is Cc1ccc2nc(NC(=O)CN3C(=O)COc4ccccc43)sc2c1. The lowest BCUT2D eigenvalue weighted by molar-refractivity contribution is -0.123. The van der Waals surface area contributed by atoms with Crippen molar-refractivity contribution in [2.45, 2.75) is 6.92 Å². The number of carbonyl (C=O) groups excluding carboxylic acids is 2. The van der Waals surface area contributed by atoms with Gasteiger partial charge in [-0.1, -0.05) is 29.5 Å². The van der Waals surface area contributed by atoms with Crippen molar-refractivity contribution in [1.29, 1.82) is 0 Å². The fourth-order valence-electron chi connectivity index (χ4n) is 2.72. The van der Waals surface area contributed by atoms with Gasteiger partial charge >= 0.3 is 0 Å². The molecule has 3 aromatic rings. The van der Waals surface area contributed by atoms with Gasteiger partial charge in [0, 0.05) is 0 Å². The fraction of sp³-hybridized carbons (Fsp3) is 0.167. The quantitative estimate of drug-likeness (QED) is 0.786. The van der Waals surface area contributed by atoms with Crippen LogP contribution in [0.5, 0.6) is 5.75 Å². The molecule has 1 aromatic heterocycles. The highest BCUT2D eigenvalue weighted by Crippen LogP contribution is 2.31. The van der Waals surface area contributed by atoms with Gasteiger partial charge in [-0.2, -0.15) is 0 Å². The van der Waals surface area contributed by atoms with Crippen molar-refractivity contribution in [2.24, 2.45) is 0 Å². The molecular formula is C18H15N3O3S. The second-order valence-corrected chi connectivity index (χ2v) is 6.81. The number of carbonyl (C=O) groups is 2. The van der Waals surface area contributed by atoms with E-state index < -0.39 is 0 Å². The maximum absolute atomic E-state index is 12.4. The van der Waals surface area contributed by atoms with E-state index in [9.17, 15) is 9.59 Å². The molecule has 2 heterocycles. The first-order valence-corrected chi connectivity index (χ1v) is 8.61. The van der Waals surface area contributed by atoms with Crippen LogP contribution in [-0.2, 0) is 9.59 Å². The van der Waals surface area contributed by atoms with Crippen molar-refractivity contribution >= 4 is 44.2 Å². The van der Waals surface area contributed by atoms with E-state index in [1.807, 2.05) is 37.3 Å². The minimum Gasteiger partial charge on any atom is -0.482 e. The maximum Gasteiger partial charge on any atom is 0.265 e. The average molecular weight is 353 g/mol. The molecule has 0 fully saturated rings. The first-order chi connectivity index (χ1) is 12.1. The van der Waals surface area contributed by atoms with Gasteiger partial charge in [0.25, 0.3) is 5.91 Å². The zero-order valence-corrected chi connectivity index (χ0v) is 14.3. The number of anilines is 2. The van der Waals surface area contributed by atoms with Crippen LogP contribution in [0.3, 0.4) is 0 Å². The molecule has 0 bridgehead atoms. The highest BCUT2D eigenvalue weighted by molar-refractivity contribution is 7.22. The molecule has 0 unspecified atom stereocenters. The molecule has 126 valence electrons. The third kappa shape index (κ3) is 3.06. The molecule has 0 aliphatic carbocycles. The molecule has 0 saturated heterocycles. The van der Waals surface area contributed by atoms with Gasteiger partial charge in [0.2, 0.25) is 5.91 Å². The van der Waals surface area contributed by atoms with E-state index in [-0.39, 0.29) is 25.0 Å². The van der Waals surface area contributed by atoms with Crippen molar-refractivity contribution in [3.8, 4) is 5.75 Å². The average Bonchev–Trinajstić information content (AvgIpc) is 2.98. The number of benzene rings is 2. The Kier molecular flexibility index (Phi) is 3.85. The summed E-state index contributed by atoms with van der Waals surface area (Å²) in [5, 5.41) is 3.31. The number of thiazole rings is 1. The molecule has 7 heteroatoms. The van der Waals surface area contributed by atoms with Gasteiger partial charge < -0.3 is 10.1 Å². The Labute approximate surface area is 148 Å². The Morgan fingerprint density at radius 3 is 3.04 bits per heavy atom. The zero-order chi connectivity index (χ0) is 17.4. The number of ether oxygens (including phenoxy) is 1. The Bertz CT molecular complexity index is 983. The monoisotopic (exact) mass is 353 g/mol. The summed E-state index contributed by atoms with van der Waals surface area (Å²) < 4.78 is 6.40. The Hall–Kier alpha value is -2.93. The van der Waals surface area contributed by atoms with Crippen LogP contribution >= 0.6 is 11.3 Å². The van der Waals surface area contributed by atoms with Crippen LogP contribution in [-0.4, -0.2) is 29.9 Å². The molecule has 1 aliphatic rings. The number of nitrogens with zero attached hydrogens (tertiary/aromatic N) is 2. The van der Waals surface area contributed by atoms with Crippen LogP contribution in [0.4, 0.5) is 10.8 Å². The van der Waals surface area contributed by atoms with Crippen molar-refractivity contribution in [1.82, 2.24) is 4.98 Å². The van der Waals surface area contributed by atoms with Crippen LogP contribution in [0.25, 0.3) is 10.2 Å². The van der Waals surface area contributed by atoms with Crippen LogP contribution < -0.4 is 15.0 Å². The smallest absolute Gasteiger partial charge is 0.265 e. The topological polar surface area (TPSA) is 71.5 Å². The fourth-order valence-corrected chi connectivity index (χ4v) is 3.70. The van der Waals surface area contributed by atoms with E-state index in [1.165, 1.54) is 16.2 Å². The molecule has 0 spiro atoms. The Morgan fingerprint density at radius 1 is 1.32 bits per heavy atom. The number of hydrogen-bond acceptors (Lipinski definition) is 5. The van der Waals surface area contributed by atoms with Crippen LogP contribution in [0.1, 0.15) is 5.56 Å². The lowest BCUT2D eigenvalue weighted by Crippen LogP contribution is -2.43. The number of nitrogens with one attached hydrogen (secondary N) is 1. The van der Waals surface area contributed by atoms with Crippen LogP contribution in [0.15, 0.2) is 42.5 Å². The molecule has 1 aliphatic heterocycles. The normalized spacial score (nSPS) is 13.5. The van der Waals surface area contributed by atoms with Crippen molar-refractivity contribution in [2.75, 3.05) is 23.4 Å². The minimum absolute atomic E-state index is 0.0648. The van der Waals surface area contributed by atoms with E-state index in [1.54, 1.807) is 12.1 Å². The number of fused-ring (bicyclic) bond motifs is 2. The van der Waals surface area contributed by atoms with E-state index in [0.29, 0.717) is 16.6 Å². The molecule has 0 saturated carbocycles. The summed E-state index contributed by atoms with van der Waals surface area (Å²) in [6.45, 7) is 1.87. The zero-order valence-electron chi connectivity index (χ0n) is 13.5. The third-order valence-electron chi connectivity index (χ3n) is 3.90. The summed E-state index contributed by atoms with van der Waals surface area (Å²) in [6.07, 6.45) is 0. The van der Waals surface area contributed by atoms with E-state index in [4.69, 9.17) is 4.74 Å². The summed E-state index contributed by atoms with van der Waals surface area (Å²) in [5.41, 5.74) is 2.59. The summed E-state index contributed by atoms with van der Waals surface area (Å²) in [4.78, 5) is 30.4. The minimum atomic E-state index is -0.291. The van der Waals surface area contributed by atoms with E-state index in [2.05, 4.69) is 10.3 Å². The summed E-state index contributed by atoms with van der Waals surface area (Å²) in [7, 11) is 0. The predicted octanol–water partition coefficient (Wildman–Crippen LogP) is 2.97. The van der Waals surface area contributed by atoms with Gasteiger partial charge in [0.05, 0.1) is 15.9 Å². The third-order valence-corrected chi connectivity index (χ3v) is 4.83. The summed E-state index contributed by atoms with van der Waals surface area (Å²) in [5.74, 6) is 0.0694. The molecule has 25 heavy (non-hydrogen) atoms. The number of aromatic nitrogens is 1. The van der Waals surface area contributed by atoms with Crippen LogP contribution in [0.2, 0.25) is 0 Å². The summed E-state index contributed by atoms with van der Waals surface area (Å²) in [6, 6.07) is 13.1. The second-order valence-electron chi connectivity index (χ2n) is 5.77. The molecule has 0 atom stereocenters. The number of aryl methyl sites for hydroxylation is 1. The molecular weight excluding hydrogens is 338 g/mol. The first kappa shape index (κ1) is 15.6. The van der Waals surface area contributed by atoms with Crippen molar-refractivity contribution in [3.05, 3.63) is 48.0 Å². The van der Waals surface area contributed by atoms with Gasteiger partial charge in [0.15, 0.2) is 11.7 Å². The molecule has 2 aromatic carbocycles. The molecule has 0 radical (unpaired) electrons. The van der Waals surface area contributed by atoms with Gasteiger partial charge in [0.1, 0.15) is 12.3 Å². The molecule has 2 amide bonds. The summed E-state index contributed by atoms with van der Waals surface area (Å²) >= 11 is 1.42. The predicted molar refractivity (Wildman–Crippen MR) is 97.3 cm³/mol. The number of para-hydroxylation sites is 2. The lowest BCUT2D eigenvalue weighted by atomic mass is 10.2. The van der Waals surface area contributed by atoms with Crippen LogP contribution in [0, 0.1) is 6.92 Å². The number of rotatable bonds is 3. The number of amides is 2. The van der Waals surface area contributed by atoms with Crippen molar-refractivity contribution < 1.29 is 14.3 Å². The Morgan fingerprint density at radius 2 is 2.16 bits per heavy atom. The second kappa shape index (κ2) is 6.18. The van der Waals surface area contributed by atoms with Gasteiger partial charge in [-0.3, -0.25) is 14.5 Å². The maximum atomic E-state index is 12.4. The van der Waals surface area contributed by atoms with E-state index in [0.717, 1.165) is 15.8 Å². The Balaban J connectivity index is 1.52. The highest BCUT2D eigenvalue weighted by Gasteiger charge is 2.27. The first-order valence-electron chi connectivity index (χ1n) is 7.79. The van der Waals surface area contributed by atoms with E-state index >= 15 is 0 Å². The molecule has 1 N–H and O–H groups in total. The lowest BCUT2D eigenvalue weighted by Gasteiger charge is -2.28. The van der Waals surface area contributed by atoms with Gasteiger partial charge in [-0.05, 0) is 36.8 Å². The standard InChI is InChI=1S/C18H15N3O3S/c1-11-6-7-12-15(8-11)25-18(19-12)20-16(22)9-21-13-4-2-3-5-14(13)24-10-17(21)23/h2-8H,9-10H2,1H3,(H,19,20,22). The highest BCUT2D eigenvalue weighted by atomic mass is 32.1. The van der Waals surface area contributed by atoms with Gasteiger partial charge in [-0.25, -0.2) is 4.98 Å². The van der Waals surface area contributed by atoms with Crippen molar-refractivity contribution in [3.63, 3.8) is 0 Å². The molecule has 4 rings (SSSR count).